The van der Waals surface area contributed by atoms with E-state index in [1.807, 2.05) is 0 Å². The number of terminal acetylenes is 1. The minimum absolute atomic E-state index is 0.0758. The number of ether oxygens (including phenoxy) is 1. The molecule has 2 aromatic heterocycles. The Kier molecular flexibility index (Phi) is 11.1. The number of aromatic carboxylic acids is 1. The van der Waals surface area contributed by atoms with E-state index < -0.39 is 23.6 Å². The molecule has 0 saturated heterocycles. The number of nitrogens with zero attached hydrogens (tertiary/aromatic N) is 5. The summed E-state index contributed by atoms with van der Waals surface area (Å²) in [5.74, 6) is 0.636. The van der Waals surface area contributed by atoms with Crippen LogP contribution in [0.2, 0.25) is 10.0 Å². The van der Waals surface area contributed by atoms with Gasteiger partial charge in [-0.05, 0) is 50.1 Å². The van der Waals surface area contributed by atoms with Crippen LogP contribution in [0.15, 0.2) is 58.6 Å². The second kappa shape index (κ2) is 15.2. The first-order valence-electron chi connectivity index (χ1n) is 13.5. The van der Waals surface area contributed by atoms with E-state index in [1.54, 1.807) is 10.6 Å². The molecule has 1 aliphatic rings. The van der Waals surface area contributed by atoms with E-state index in [-0.39, 0.29) is 35.0 Å². The van der Waals surface area contributed by atoms with Crippen LogP contribution in [0.1, 0.15) is 41.6 Å². The number of carbonyl (C=O) groups excluding carboxylic acids is 1. The van der Waals surface area contributed by atoms with Crippen molar-refractivity contribution < 1.29 is 28.2 Å². The van der Waals surface area contributed by atoms with Gasteiger partial charge >= 0.3 is 17.7 Å². The molecule has 0 fully saturated rings. The fourth-order valence-corrected chi connectivity index (χ4v) is 4.82. The quantitative estimate of drug-likeness (QED) is 0.137. The molecular formula is C30H25Cl2F2N7O5. The van der Waals surface area contributed by atoms with Crippen LogP contribution in [-0.4, -0.2) is 48.8 Å². The number of halogens is 4. The Morgan fingerprint density at radius 3 is 2.57 bits per heavy atom. The van der Waals surface area contributed by atoms with Gasteiger partial charge in [0.15, 0.2) is 0 Å². The molecule has 0 bridgehead atoms. The molecule has 3 heterocycles. The molecule has 46 heavy (non-hydrogen) atoms. The van der Waals surface area contributed by atoms with E-state index in [9.17, 15) is 23.2 Å². The first-order valence-corrected chi connectivity index (χ1v) is 14.2. The lowest BCUT2D eigenvalue weighted by Gasteiger charge is -2.09. The van der Waals surface area contributed by atoms with Gasteiger partial charge in [0.2, 0.25) is 0 Å². The Labute approximate surface area is 270 Å². The highest BCUT2D eigenvalue weighted by Gasteiger charge is 2.20. The number of hydrazone groups is 1. The summed E-state index contributed by atoms with van der Waals surface area (Å²) in [6.07, 6.45) is 9.36. The van der Waals surface area contributed by atoms with Crippen molar-refractivity contribution >= 4 is 46.6 Å². The van der Waals surface area contributed by atoms with E-state index in [2.05, 4.69) is 31.8 Å². The third kappa shape index (κ3) is 8.26. The van der Waals surface area contributed by atoms with Gasteiger partial charge in [-0.3, -0.25) is 9.55 Å². The molecule has 0 spiro atoms. The maximum atomic E-state index is 13.0. The number of fused-ring (bicyclic) bond motifs is 1. The predicted octanol–water partition coefficient (Wildman–Crippen LogP) is 5.29. The number of aromatic nitrogens is 4. The maximum Gasteiger partial charge on any atom is 0.350 e. The van der Waals surface area contributed by atoms with E-state index in [0.29, 0.717) is 34.1 Å². The van der Waals surface area contributed by atoms with Crippen LogP contribution in [0.3, 0.4) is 0 Å². The summed E-state index contributed by atoms with van der Waals surface area (Å²) in [6, 6.07) is 7.59. The van der Waals surface area contributed by atoms with Crippen molar-refractivity contribution in [3.05, 3.63) is 97.9 Å². The Morgan fingerprint density at radius 2 is 1.89 bits per heavy atom. The normalized spacial score (nSPS) is 12.2. The molecule has 2 amide bonds. The molecule has 0 unspecified atom stereocenters. The summed E-state index contributed by atoms with van der Waals surface area (Å²) >= 11 is 12.3. The number of amides is 2. The minimum atomic E-state index is -1.19. The van der Waals surface area contributed by atoms with E-state index in [0.717, 1.165) is 37.2 Å². The Hall–Kier alpha value is -5.26. The molecule has 0 aliphatic carbocycles. The van der Waals surface area contributed by atoms with Gasteiger partial charge in [-0.1, -0.05) is 29.1 Å². The monoisotopic (exact) mass is 671 g/mol. The molecule has 2 aromatic carbocycles. The molecule has 16 heteroatoms. The highest BCUT2D eigenvalue weighted by atomic mass is 35.5. The van der Waals surface area contributed by atoms with Gasteiger partial charge in [0.05, 0.1) is 27.0 Å². The number of pyridine rings is 1. The predicted molar refractivity (Wildman–Crippen MR) is 167 cm³/mol. The Bertz CT molecular complexity index is 1900. The number of hydrogen-bond donors (Lipinski definition) is 3. The van der Waals surface area contributed by atoms with Crippen LogP contribution in [0.5, 0.6) is 5.75 Å². The molecule has 4 aromatic rings. The Morgan fingerprint density at radius 1 is 1.15 bits per heavy atom. The van der Waals surface area contributed by atoms with Crippen LogP contribution in [0.25, 0.3) is 5.69 Å². The molecule has 0 radical (unpaired) electrons. The molecule has 3 N–H and O–H groups in total. The van der Waals surface area contributed by atoms with Crippen molar-refractivity contribution in [2.24, 2.45) is 5.10 Å². The first-order chi connectivity index (χ1) is 22.0. The maximum absolute atomic E-state index is 13.0. The Balaban J connectivity index is 0.000000209. The summed E-state index contributed by atoms with van der Waals surface area (Å²) in [5.41, 5.74) is 2.38. The zero-order valence-corrected chi connectivity index (χ0v) is 25.6. The minimum Gasteiger partial charge on any atom is -0.479 e. The van der Waals surface area contributed by atoms with Gasteiger partial charge in [0.25, 0.3) is 0 Å². The van der Waals surface area contributed by atoms with Gasteiger partial charge in [-0.25, -0.2) is 28.6 Å². The van der Waals surface area contributed by atoms with Gasteiger partial charge in [0, 0.05) is 37.0 Å². The highest BCUT2D eigenvalue weighted by molar-refractivity contribution is 6.36. The highest BCUT2D eigenvalue weighted by Crippen LogP contribution is 2.32. The van der Waals surface area contributed by atoms with E-state index in [4.69, 9.17) is 39.5 Å². The summed E-state index contributed by atoms with van der Waals surface area (Å²) < 4.78 is 34.4. The molecule has 12 nitrogen and oxygen atoms in total. The molecule has 238 valence electrons. The number of carboxylic acids is 1. The first kappa shape index (κ1) is 33.6. The summed E-state index contributed by atoms with van der Waals surface area (Å²) in [5, 5.41) is 20.0. The van der Waals surface area contributed by atoms with E-state index >= 15 is 0 Å². The molecule has 1 aliphatic heterocycles. The van der Waals surface area contributed by atoms with Crippen LogP contribution in [0.4, 0.5) is 19.3 Å². The zero-order valence-electron chi connectivity index (χ0n) is 24.1. The lowest BCUT2D eigenvalue weighted by molar-refractivity contribution is 0.0696. The lowest BCUT2D eigenvalue weighted by atomic mass is 10.1. The second-order valence-electron chi connectivity index (χ2n) is 9.57. The molecular weight excluding hydrogens is 647 g/mol. The molecule has 5 rings (SSSR count). The zero-order chi connectivity index (χ0) is 33.4. The van der Waals surface area contributed by atoms with Gasteiger partial charge in [-0.15, -0.1) is 11.5 Å². The number of nitrogens with one attached hydrogen (secondary N) is 2. The van der Waals surface area contributed by atoms with E-state index in [1.165, 1.54) is 36.0 Å². The smallest absolute Gasteiger partial charge is 0.350 e. The molecule has 0 saturated carbocycles. The number of hydrogen-bond acceptors (Lipinski definition) is 7. The molecule has 0 atom stereocenters. The standard InChI is InChI=1S/C15H13Cl2N3O2.C15H12F2N4O3/c1-2-7-22-13-9-12(10(16)8-11(13)17)20-15(21)19-6-4-3-5-14(19)18-20;1-8(13-12(14(22)23)3-2-4-18-13)20-21-15(24)19-11-6-9(16)5-10(17)7-11/h1,8-9H,3-7H2;2-7H,1H3,(H,22,23)(H2,19,21,24)/b;20-8+. The lowest BCUT2D eigenvalue weighted by Crippen LogP contribution is -2.26. The van der Waals surface area contributed by atoms with Gasteiger partial charge in [-0.2, -0.15) is 9.78 Å². The van der Waals surface area contributed by atoms with Crippen molar-refractivity contribution in [3.63, 3.8) is 0 Å². The number of carbonyl (C=O) groups is 2. The number of rotatable bonds is 7. The number of benzene rings is 2. The van der Waals surface area contributed by atoms with Crippen molar-refractivity contribution in [1.82, 2.24) is 24.8 Å². The fourth-order valence-electron chi connectivity index (χ4n) is 4.31. The average molecular weight is 672 g/mol. The number of anilines is 1. The van der Waals surface area contributed by atoms with Crippen molar-refractivity contribution in [2.45, 2.75) is 32.7 Å². The summed E-state index contributed by atoms with van der Waals surface area (Å²) in [7, 11) is 0. The topological polar surface area (TPSA) is 153 Å². The SMILES string of the molecule is C#CCOc1cc(-n2nc3n(c2=O)CCCC3)c(Cl)cc1Cl.C/C(=N\NC(=O)Nc1cc(F)cc(F)c1)c1ncccc1C(=O)O. The fraction of sp³-hybridized carbons (Fsp3) is 0.200. The van der Waals surface area contributed by atoms with Crippen LogP contribution in [0, 0.1) is 24.0 Å². The third-order valence-corrected chi connectivity index (χ3v) is 6.94. The average Bonchev–Trinajstić information content (AvgIpc) is 3.35. The number of urea groups is 1. The second-order valence-corrected chi connectivity index (χ2v) is 10.4. The summed E-state index contributed by atoms with van der Waals surface area (Å²) in [4.78, 5) is 39.2. The summed E-state index contributed by atoms with van der Waals surface area (Å²) in [6.45, 7) is 2.21. The van der Waals surface area contributed by atoms with Gasteiger partial charge in [0.1, 0.15) is 35.5 Å². The van der Waals surface area contributed by atoms with Crippen LogP contribution >= 0.6 is 23.2 Å². The third-order valence-electron chi connectivity index (χ3n) is 6.34. The number of carboxylic acid groups (broad SMARTS) is 1. The van der Waals surface area contributed by atoms with Gasteiger partial charge < -0.3 is 15.2 Å². The van der Waals surface area contributed by atoms with Crippen LogP contribution in [-0.2, 0) is 13.0 Å². The number of aryl methyl sites for hydroxylation is 1. The van der Waals surface area contributed by atoms with Crippen molar-refractivity contribution in [3.8, 4) is 23.8 Å². The van der Waals surface area contributed by atoms with Crippen molar-refractivity contribution in [2.75, 3.05) is 11.9 Å². The van der Waals surface area contributed by atoms with Crippen molar-refractivity contribution in [1.29, 1.82) is 0 Å². The van der Waals surface area contributed by atoms with Crippen LogP contribution < -0.4 is 21.2 Å². The largest absolute Gasteiger partial charge is 0.479 e.